The average molecular weight is 253 g/mol. The van der Waals surface area contributed by atoms with Crippen LogP contribution in [0.3, 0.4) is 0 Å². The van der Waals surface area contributed by atoms with Crippen LogP contribution in [-0.4, -0.2) is 42.4 Å². The van der Waals surface area contributed by atoms with E-state index < -0.39 is 6.03 Å². The summed E-state index contributed by atoms with van der Waals surface area (Å²) in [7, 11) is 0. The van der Waals surface area contributed by atoms with Gasteiger partial charge in [0.15, 0.2) is 0 Å². The van der Waals surface area contributed by atoms with Gasteiger partial charge in [-0.2, -0.15) is 0 Å². The first-order chi connectivity index (χ1) is 8.18. The van der Waals surface area contributed by atoms with Gasteiger partial charge in [-0.25, -0.2) is 4.79 Å². The first-order valence-corrected chi connectivity index (χ1v) is 5.96. The van der Waals surface area contributed by atoms with Crippen LogP contribution < -0.4 is 10.6 Å². The minimum Gasteiger partial charge on any atom is -0.350 e. The van der Waals surface area contributed by atoms with Gasteiger partial charge in [0.25, 0.3) is 5.91 Å². The molecule has 7 heteroatoms. The number of nitrogens with one attached hydrogen (secondary N) is 2. The van der Waals surface area contributed by atoms with Crippen molar-refractivity contribution < 1.29 is 14.4 Å². The number of nitrogens with zero attached hydrogens (tertiary/aromatic N) is 1. The van der Waals surface area contributed by atoms with E-state index in [0.29, 0.717) is 4.88 Å². The SMILES string of the molecule is O=C(NCCN1C(=O)CNC1=O)c1cccs1. The lowest BCUT2D eigenvalue weighted by molar-refractivity contribution is -0.124. The van der Waals surface area contributed by atoms with E-state index in [0.717, 1.165) is 4.90 Å². The smallest absolute Gasteiger partial charge is 0.324 e. The molecule has 2 N–H and O–H groups in total. The molecule has 0 aromatic carbocycles. The van der Waals surface area contributed by atoms with E-state index in [1.165, 1.54) is 11.3 Å². The molecule has 1 aliphatic rings. The normalized spacial score (nSPS) is 14.9. The number of imide groups is 1. The van der Waals surface area contributed by atoms with E-state index >= 15 is 0 Å². The van der Waals surface area contributed by atoms with Crippen molar-refractivity contribution in [3.8, 4) is 0 Å². The van der Waals surface area contributed by atoms with Crippen LogP contribution in [0.2, 0.25) is 0 Å². The maximum Gasteiger partial charge on any atom is 0.324 e. The maximum atomic E-state index is 11.5. The molecule has 17 heavy (non-hydrogen) atoms. The van der Waals surface area contributed by atoms with Crippen LogP contribution in [-0.2, 0) is 4.79 Å². The largest absolute Gasteiger partial charge is 0.350 e. The lowest BCUT2D eigenvalue weighted by Gasteiger charge is -2.12. The molecule has 0 atom stereocenters. The summed E-state index contributed by atoms with van der Waals surface area (Å²) in [5.41, 5.74) is 0. The summed E-state index contributed by atoms with van der Waals surface area (Å²) < 4.78 is 0. The second-order valence-corrected chi connectivity index (χ2v) is 4.38. The molecule has 1 aliphatic heterocycles. The van der Waals surface area contributed by atoms with E-state index in [1.54, 1.807) is 12.1 Å². The van der Waals surface area contributed by atoms with E-state index in [-0.39, 0.29) is 31.4 Å². The Hall–Kier alpha value is -1.89. The molecule has 0 unspecified atom stereocenters. The van der Waals surface area contributed by atoms with Crippen molar-refractivity contribution in [2.24, 2.45) is 0 Å². The molecule has 0 spiro atoms. The van der Waals surface area contributed by atoms with Crippen molar-refractivity contribution in [2.45, 2.75) is 0 Å². The Bertz CT molecular complexity index is 428. The van der Waals surface area contributed by atoms with Crippen LogP contribution in [0.15, 0.2) is 17.5 Å². The lowest BCUT2D eigenvalue weighted by Crippen LogP contribution is -2.38. The number of carbonyl (C=O) groups is 3. The average Bonchev–Trinajstić information content (AvgIpc) is 2.93. The highest BCUT2D eigenvalue weighted by molar-refractivity contribution is 7.12. The predicted octanol–water partition coefficient (Wildman–Crippen LogP) is 0.0297. The predicted molar refractivity (Wildman–Crippen MR) is 61.8 cm³/mol. The topological polar surface area (TPSA) is 78.5 Å². The molecule has 90 valence electrons. The minimum atomic E-state index is -0.402. The molecule has 0 radical (unpaired) electrons. The van der Waals surface area contributed by atoms with Crippen LogP contribution in [0.25, 0.3) is 0 Å². The highest BCUT2D eigenvalue weighted by atomic mass is 32.1. The van der Waals surface area contributed by atoms with Crippen molar-refractivity contribution in [3.63, 3.8) is 0 Å². The third-order valence-electron chi connectivity index (χ3n) is 2.30. The van der Waals surface area contributed by atoms with Gasteiger partial charge in [0.05, 0.1) is 11.4 Å². The lowest BCUT2D eigenvalue weighted by atomic mass is 10.4. The molecule has 1 saturated heterocycles. The standard InChI is InChI=1S/C10H11N3O3S/c14-8-6-12-10(16)13(8)4-3-11-9(15)7-2-1-5-17-7/h1-2,5H,3-4,6H2,(H,11,15)(H,12,16). The number of amides is 4. The molecular weight excluding hydrogens is 242 g/mol. The quantitative estimate of drug-likeness (QED) is 0.743. The van der Waals surface area contributed by atoms with Gasteiger partial charge in [0.2, 0.25) is 5.91 Å². The zero-order chi connectivity index (χ0) is 12.3. The molecule has 1 fully saturated rings. The molecule has 1 aromatic heterocycles. The molecule has 0 saturated carbocycles. The summed E-state index contributed by atoms with van der Waals surface area (Å²) in [5, 5.41) is 6.87. The molecule has 1 aromatic rings. The molecular formula is C10H11N3O3S. The Balaban J connectivity index is 1.78. The van der Waals surface area contributed by atoms with Gasteiger partial charge in [0.1, 0.15) is 0 Å². The summed E-state index contributed by atoms with van der Waals surface area (Å²) in [6.07, 6.45) is 0. The summed E-state index contributed by atoms with van der Waals surface area (Å²) in [6.45, 7) is 0.495. The van der Waals surface area contributed by atoms with E-state index in [4.69, 9.17) is 0 Å². The second kappa shape index (κ2) is 4.96. The Morgan fingerprint density at radius 2 is 2.35 bits per heavy atom. The molecule has 6 nitrogen and oxygen atoms in total. The van der Waals surface area contributed by atoms with Crippen LogP contribution >= 0.6 is 11.3 Å². The van der Waals surface area contributed by atoms with E-state index in [9.17, 15) is 14.4 Å². The number of rotatable bonds is 4. The van der Waals surface area contributed by atoms with Gasteiger partial charge >= 0.3 is 6.03 Å². The summed E-state index contributed by atoms with van der Waals surface area (Å²) in [5.74, 6) is -0.451. The molecule has 4 amide bonds. The van der Waals surface area contributed by atoms with Crippen molar-refractivity contribution in [1.82, 2.24) is 15.5 Å². The summed E-state index contributed by atoms with van der Waals surface area (Å²) in [4.78, 5) is 35.6. The minimum absolute atomic E-state index is 0.0394. The number of carbonyl (C=O) groups excluding carboxylic acids is 3. The monoisotopic (exact) mass is 253 g/mol. The number of thiophene rings is 1. The van der Waals surface area contributed by atoms with Gasteiger partial charge in [-0.1, -0.05) is 6.07 Å². The zero-order valence-electron chi connectivity index (χ0n) is 8.93. The van der Waals surface area contributed by atoms with Crippen molar-refractivity contribution in [3.05, 3.63) is 22.4 Å². The van der Waals surface area contributed by atoms with Crippen LogP contribution in [0.1, 0.15) is 9.67 Å². The Morgan fingerprint density at radius 1 is 1.53 bits per heavy atom. The number of hydrogen-bond donors (Lipinski definition) is 2. The number of urea groups is 1. The highest BCUT2D eigenvalue weighted by Gasteiger charge is 2.27. The first kappa shape index (κ1) is 11.6. The van der Waals surface area contributed by atoms with Crippen molar-refractivity contribution in [1.29, 1.82) is 0 Å². The van der Waals surface area contributed by atoms with Gasteiger partial charge in [-0.15, -0.1) is 11.3 Å². The second-order valence-electron chi connectivity index (χ2n) is 3.44. The van der Waals surface area contributed by atoms with Gasteiger partial charge in [-0.3, -0.25) is 14.5 Å². The Labute approximate surface area is 102 Å². The molecule has 2 rings (SSSR count). The third kappa shape index (κ3) is 2.62. The molecule has 0 aliphatic carbocycles. The van der Waals surface area contributed by atoms with E-state index in [1.807, 2.05) is 5.38 Å². The summed E-state index contributed by atoms with van der Waals surface area (Å²) in [6, 6.07) is 3.10. The zero-order valence-corrected chi connectivity index (χ0v) is 9.75. The molecule has 2 heterocycles. The van der Waals surface area contributed by atoms with Crippen molar-refractivity contribution >= 4 is 29.2 Å². The van der Waals surface area contributed by atoms with Gasteiger partial charge < -0.3 is 10.6 Å². The maximum absolute atomic E-state index is 11.5. The third-order valence-corrected chi connectivity index (χ3v) is 3.17. The first-order valence-electron chi connectivity index (χ1n) is 5.08. The van der Waals surface area contributed by atoms with Gasteiger partial charge in [0, 0.05) is 13.1 Å². The van der Waals surface area contributed by atoms with E-state index in [2.05, 4.69) is 10.6 Å². The van der Waals surface area contributed by atoms with Crippen LogP contribution in [0, 0.1) is 0 Å². The van der Waals surface area contributed by atoms with Crippen LogP contribution in [0.5, 0.6) is 0 Å². The fourth-order valence-corrected chi connectivity index (χ4v) is 2.10. The Morgan fingerprint density at radius 3 is 2.94 bits per heavy atom. The molecule has 0 bridgehead atoms. The fraction of sp³-hybridized carbons (Fsp3) is 0.300. The van der Waals surface area contributed by atoms with Crippen molar-refractivity contribution in [2.75, 3.05) is 19.6 Å². The summed E-state index contributed by atoms with van der Waals surface area (Å²) >= 11 is 1.34. The Kier molecular flexibility index (Phi) is 3.38. The van der Waals surface area contributed by atoms with Crippen LogP contribution in [0.4, 0.5) is 4.79 Å². The fourth-order valence-electron chi connectivity index (χ4n) is 1.46. The highest BCUT2D eigenvalue weighted by Crippen LogP contribution is 2.07. The van der Waals surface area contributed by atoms with Gasteiger partial charge in [-0.05, 0) is 11.4 Å². The number of hydrogen-bond acceptors (Lipinski definition) is 4.